The van der Waals surface area contributed by atoms with Crippen LogP contribution in [0.5, 0.6) is 0 Å². The molecule has 2 unspecified atom stereocenters. The van der Waals surface area contributed by atoms with Crippen LogP contribution in [-0.2, 0) is 28.6 Å². The van der Waals surface area contributed by atoms with Crippen LogP contribution in [-0.4, -0.2) is 88.6 Å². The minimum atomic E-state index is -2.18. The maximum Gasteiger partial charge on any atom is 0.307 e. The molecule has 204 valence electrons. The Morgan fingerprint density at radius 1 is 1.14 bits per heavy atom. The van der Waals surface area contributed by atoms with Gasteiger partial charge in [0.15, 0.2) is 11.4 Å². The SMILES string of the molecule is C=C[C@@]1(C)CC(=O)[C@]2(O)[C@@]3(C)C(O)CC(OC(=O)CCN(C)C)C(C)(C)[C@@H]3C[C@H](OC(C)=O)[C@@]2(C)O1. The summed E-state index contributed by atoms with van der Waals surface area (Å²) in [5, 5.41) is 24.0. The normalized spacial score (nSPS) is 43.8. The van der Waals surface area contributed by atoms with Crippen molar-refractivity contribution in [1.82, 2.24) is 4.90 Å². The molecule has 2 N–H and O–H groups in total. The Bertz CT molecular complexity index is 933. The molecule has 9 heteroatoms. The van der Waals surface area contributed by atoms with E-state index < -0.39 is 63.6 Å². The van der Waals surface area contributed by atoms with Crippen LogP contribution < -0.4 is 0 Å². The van der Waals surface area contributed by atoms with Crippen molar-refractivity contribution in [2.24, 2.45) is 16.7 Å². The van der Waals surface area contributed by atoms with Crippen LogP contribution >= 0.6 is 0 Å². The van der Waals surface area contributed by atoms with Gasteiger partial charge in [-0.15, -0.1) is 6.58 Å². The van der Waals surface area contributed by atoms with E-state index in [1.807, 2.05) is 32.8 Å². The van der Waals surface area contributed by atoms with E-state index in [-0.39, 0.29) is 31.7 Å². The molecule has 3 rings (SSSR count). The zero-order valence-electron chi connectivity index (χ0n) is 22.9. The third kappa shape index (κ3) is 4.12. The molecule has 0 amide bonds. The van der Waals surface area contributed by atoms with E-state index >= 15 is 0 Å². The van der Waals surface area contributed by atoms with Crippen molar-refractivity contribution in [3.05, 3.63) is 12.7 Å². The fourth-order valence-corrected chi connectivity index (χ4v) is 7.12. The quantitative estimate of drug-likeness (QED) is 0.409. The highest BCUT2D eigenvalue weighted by Gasteiger charge is 2.80. The van der Waals surface area contributed by atoms with E-state index in [1.165, 1.54) is 13.0 Å². The Balaban J connectivity index is 2.10. The third-order valence-electron chi connectivity index (χ3n) is 9.28. The topological polar surface area (TPSA) is 123 Å². The first-order valence-corrected chi connectivity index (χ1v) is 12.7. The van der Waals surface area contributed by atoms with Crippen molar-refractivity contribution >= 4 is 17.7 Å². The van der Waals surface area contributed by atoms with Gasteiger partial charge in [-0.1, -0.05) is 26.8 Å². The summed E-state index contributed by atoms with van der Waals surface area (Å²) in [6, 6.07) is 0. The fourth-order valence-electron chi connectivity index (χ4n) is 7.12. The monoisotopic (exact) mass is 509 g/mol. The number of nitrogens with zero attached hydrogens (tertiary/aromatic N) is 1. The predicted molar refractivity (Wildman–Crippen MR) is 132 cm³/mol. The Kier molecular flexibility index (Phi) is 7.34. The molecule has 3 fully saturated rings. The first kappa shape index (κ1) is 28.8. The molecule has 1 heterocycles. The average molecular weight is 510 g/mol. The molecule has 0 aromatic heterocycles. The zero-order valence-corrected chi connectivity index (χ0v) is 22.9. The number of aliphatic hydroxyl groups is 2. The van der Waals surface area contributed by atoms with Crippen LogP contribution in [0.1, 0.15) is 67.2 Å². The summed E-state index contributed by atoms with van der Waals surface area (Å²) in [6.45, 7) is 14.4. The van der Waals surface area contributed by atoms with Gasteiger partial charge in [0, 0.05) is 37.1 Å². The summed E-state index contributed by atoms with van der Waals surface area (Å²) in [5.74, 6) is -2.01. The van der Waals surface area contributed by atoms with Crippen LogP contribution in [0.2, 0.25) is 0 Å². The van der Waals surface area contributed by atoms with Gasteiger partial charge >= 0.3 is 11.9 Å². The van der Waals surface area contributed by atoms with Crippen molar-refractivity contribution in [1.29, 1.82) is 0 Å². The second-order valence-corrected chi connectivity index (χ2v) is 12.3. The number of hydrogen-bond donors (Lipinski definition) is 2. The van der Waals surface area contributed by atoms with Gasteiger partial charge in [-0.2, -0.15) is 0 Å². The molecule has 0 aromatic carbocycles. The second kappa shape index (κ2) is 9.19. The van der Waals surface area contributed by atoms with Crippen molar-refractivity contribution in [3.8, 4) is 0 Å². The van der Waals surface area contributed by atoms with Gasteiger partial charge in [0.2, 0.25) is 0 Å². The number of aliphatic hydroxyl groups excluding tert-OH is 1. The van der Waals surface area contributed by atoms with Gasteiger partial charge in [-0.3, -0.25) is 14.4 Å². The molecule has 8 atom stereocenters. The molecule has 0 radical (unpaired) electrons. The van der Waals surface area contributed by atoms with E-state index in [4.69, 9.17) is 14.2 Å². The molecule has 0 aromatic rings. The molecule has 2 saturated carbocycles. The van der Waals surface area contributed by atoms with Crippen LogP contribution in [0.4, 0.5) is 0 Å². The first-order chi connectivity index (χ1) is 16.4. The van der Waals surface area contributed by atoms with Crippen LogP contribution in [0.3, 0.4) is 0 Å². The largest absolute Gasteiger partial charge is 0.462 e. The van der Waals surface area contributed by atoms with Crippen molar-refractivity contribution in [2.45, 2.75) is 102 Å². The number of carbonyl (C=O) groups is 3. The van der Waals surface area contributed by atoms with Gasteiger partial charge in [0.25, 0.3) is 0 Å². The Labute approximate surface area is 214 Å². The van der Waals surface area contributed by atoms with E-state index in [0.717, 1.165) is 0 Å². The first-order valence-electron chi connectivity index (χ1n) is 12.7. The zero-order chi connectivity index (χ0) is 27.5. The third-order valence-corrected chi connectivity index (χ3v) is 9.28. The standard InChI is InChI=1S/C27H43NO8/c1-10-24(5)15-19(31)27(33)25(6)17(13-21(34-16(2)29)26(27,7)36-24)23(3,4)20(14-18(25)30)35-22(32)11-12-28(8)9/h10,17-18,20-21,30,33H,1,11-15H2,2-9H3/t17-,18?,20?,21-,24-,25+,26+,27-/m0/s1. The predicted octanol–water partition coefficient (Wildman–Crippen LogP) is 2.02. The van der Waals surface area contributed by atoms with E-state index in [1.54, 1.807) is 20.8 Å². The summed E-state index contributed by atoms with van der Waals surface area (Å²) in [5.41, 5.74) is -7.04. The summed E-state index contributed by atoms with van der Waals surface area (Å²) < 4.78 is 18.0. The lowest BCUT2D eigenvalue weighted by molar-refractivity contribution is -0.356. The summed E-state index contributed by atoms with van der Waals surface area (Å²) in [7, 11) is 3.73. The average Bonchev–Trinajstić information content (AvgIpc) is 2.75. The lowest BCUT2D eigenvalue weighted by Gasteiger charge is -2.70. The fraction of sp³-hybridized carbons (Fsp3) is 0.815. The number of fused-ring (bicyclic) bond motifs is 3. The van der Waals surface area contributed by atoms with E-state index in [0.29, 0.717) is 6.54 Å². The summed E-state index contributed by atoms with van der Waals surface area (Å²) >= 11 is 0. The van der Waals surface area contributed by atoms with E-state index in [9.17, 15) is 24.6 Å². The number of ketones is 1. The number of hydrogen-bond acceptors (Lipinski definition) is 9. The Hall–Kier alpha value is -1.81. The maximum absolute atomic E-state index is 13.9. The number of Topliss-reactive ketones (excluding diaryl/α,β-unsaturated/α-hetero) is 1. The van der Waals surface area contributed by atoms with Gasteiger partial charge in [0.1, 0.15) is 17.8 Å². The number of ether oxygens (including phenoxy) is 3. The Morgan fingerprint density at radius 2 is 1.75 bits per heavy atom. The Morgan fingerprint density at radius 3 is 2.28 bits per heavy atom. The summed E-state index contributed by atoms with van der Waals surface area (Å²) in [4.78, 5) is 40.5. The van der Waals surface area contributed by atoms with Gasteiger partial charge in [0.05, 0.1) is 18.1 Å². The maximum atomic E-state index is 13.9. The molecule has 0 bridgehead atoms. The van der Waals surface area contributed by atoms with Gasteiger partial charge < -0.3 is 29.3 Å². The lowest BCUT2D eigenvalue weighted by atomic mass is 9.40. The van der Waals surface area contributed by atoms with Crippen molar-refractivity contribution in [2.75, 3.05) is 20.6 Å². The van der Waals surface area contributed by atoms with Crippen molar-refractivity contribution < 1.29 is 38.8 Å². The van der Waals surface area contributed by atoms with Gasteiger partial charge in [-0.25, -0.2) is 0 Å². The number of rotatable bonds is 6. The molecular formula is C27H43NO8. The molecule has 3 aliphatic rings. The molecule has 9 nitrogen and oxygen atoms in total. The van der Waals surface area contributed by atoms with Gasteiger partial charge in [-0.05, 0) is 40.3 Å². The highest BCUT2D eigenvalue weighted by atomic mass is 16.6. The minimum Gasteiger partial charge on any atom is -0.462 e. The molecule has 36 heavy (non-hydrogen) atoms. The number of carbonyl (C=O) groups excluding carboxylic acids is 3. The van der Waals surface area contributed by atoms with E-state index in [2.05, 4.69) is 6.58 Å². The minimum absolute atomic E-state index is 0.0519. The molecule has 0 spiro atoms. The van der Waals surface area contributed by atoms with Crippen LogP contribution in [0.15, 0.2) is 12.7 Å². The van der Waals surface area contributed by atoms with Crippen molar-refractivity contribution in [3.63, 3.8) is 0 Å². The van der Waals surface area contributed by atoms with Crippen LogP contribution in [0, 0.1) is 16.7 Å². The van der Waals surface area contributed by atoms with Crippen LogP contribution in [0.25, 0.3) is 0 Å². The molecular weight excluding hydrogens is 466 g/mol. The highest BCUT2D eigenvalue weighted by Crippen LogP contribution is 2.67. The smallest absolute Gasteiger partial charge is 0.307 e. The summed E-state index contributed by atoms with van der Waals surface area (Å²) in [6.07, 6.45) is -1.03. The lowest BCUT2D eigenvalue weighted by Crippen LogP contribution is -2.84. The molecule has 1 aliphatic heterocycles. The molecule has 2 aliphatic carbocycles. The number of esters is 2. The molecule has 1 saturated heterocycles. The highest BCUT2D eigenvalue weighted by molar-refractivity contribution is 5.92. The second-order valence-electron chi connectivity index (χ2n) is 12.3.